The SMILES string of the molecule is CCCCCCCCCCCCCCCC[N+](C)CCCCCCCCCCCCCCCC. The molecule has 0 saturated carbocycles. The molecule has 34 heavy (non-hydrogen) atoms. The van der Waals surface area contributed by atoms with Crippen LogP contribution in [0.15, 0.2) is 0 Å². The molecule has 1 heteroatoms. The third-order valence-corrected chi connectivity index (χ3v) is 7.79. The van der Waals surface area contributed by atoms with Crippen molar-refractivity contribution in [1.29, 1.82) is 0 Å². The molecular formula is C33H69N+. The van der Waals surface area contributed by atoms with Gasteiger partial charge in [0, 0.05) is 12.8 Å². The van der Waals surface area contributed by atoms with E-state index in [2.05, 4.69) is 25.8 Å². The molecule has 0 rings (SSSR count). The van der Waals surface area contributed by atoms with Gasteiger partial charge < -0.3 is 0 Å². The molecule has 0 fully saturated rings. The third kappa shape index (κ3) is 30.0. The second-order valence-corrected chi connectivity index (χ2v) is 11.5. The summed E-state index contributed by atoms with van der Waals surface area (Å²) in [6, 6.07) is 0. The summed E-state index contributed by atoms with van der Waals surface area (Å²) < 4.78 is 0. The summed E-state index contributed by atoms with van der Waals surface area (Å²) in [6.07, 6.45) is 40.8. The first-order chi connectivity index (χ1) is 16.8. The van der Waals surface area contributed by atoms with Gasteiger partial charge in [0.25, 0.3) is 0 Å². The molecule has 0 spiro atoms. The van der Waals surface area contributed by atoms with Crippen LogP contribution in [0.1, 0.15) is 194 Å². The largest absolute Gasteiger partial charge is 0.173 e. The first-order valence-electron chi connectivity index (χ1n) is 16.5. The van der Waals surface area contributed by atoms with E-state index in [4.69, 9.17) is 0 Å². The summed E-state index contributed by atoms with van der Waals surface area (Å²) in [5.74, 6) is 0. The van der Waals surface area contributed by atoms with Crippen LogP contribution in [-0.2, 0) is 0 Å². The van der Waals surface area contributed by atoms with E-state index in [1.165, 1.54) is 193 Å². The lowest BCUT2D eigenvalue weighted by atomic mass is 10.0. The molecule has 0 heterocycles. The molecule has 0 N–H and O–H groups in total. The maximum atomic E-state index is 2.58. The summed E-state index contributed by atoms with van der Waals surface area (Å²) in [5, 5.41) is 0. The molecule has 0 atom stereocenters. The lowest BCUT2D eigenvalue weighted by Gasteiger charge is -2.08. The van der Waals surface area contributed by atoms with Crippen LogP contribution in [0.25, 0.3) is 0 Å². The van der Waals surface area contributed by atoms with E-state index in [1.54, 1.807) is 0 Å². The van der Waals surface area contributed by atoms with Crippen molar-refractivity contribution in [3.05, 3.63) is 0 Å². The Morgan fingerprint density at radius 2 is 0.441 bits per heavy atom. The van der Waals surface area contributed by atoms with Crippen LogP contribution in [0, 0.1) is 0 Å². The van der Waals surface area contributed by atoms with Crippen LogP contribution in [0.2, 0.25) is 0 Å². The highest BCUT2D eigenvalue weighted by molar-refractivity contribution is 4.59. The molecule has 0 aromatic heterocycles. The fourth-order valence-corrected chi connectivity index (χ4v) is 5.26. The monoisotopic (exact) mass is 480 g/mol. The number of hydrogen-bond donors (Lipinski definition) is 0. The van der Waals surface area contributed by atoms with E-state index in [0.29, 0.717) is 0 Å². The molecule has 0 aliphatic heterocycles. The zero-order valence-electron chi connectivity index (χ0n) is 24.7. The summed E-state index contributed by atoms with van der Waals surface area (Å²) in [4.78, 5) is 2.58. The van der Waals surface area contributed by atoms with E-state index in [0.717, 1.165) is 0 Å². The summed E-state index contributed by atoms with van der Waals surface area (Å²) in [5.41, 5.74) is 0. The minimum absolute atomic E-state index is 1.32. The number of rotatable bonds is 30. The molecule has 0 aliphatic rings. The predicted octanol–water partition coefficient (Wildman–Crippen LogP) is 11.7. The van der Waals surface area contributed by atoms with Crippen molar-refractivity contribution in [3.63, 3.8) is 0 Å². The summed E-state index contributed by atoms with van der Waals surface area (Å²) in [6.45, 7) is 7.24. The lowest BCUT2D eigenvalue weighted by Crippen LogP contribution is -2.27. The topological polar surface area (TPSA) is 5.90 Å². The van der Waals surface area contributed by atoms with Crippen molar-refractivity contribution in [1.82, 2.24) is 4.90 Å². The van der Waals surface area contributed by atoms with Gasteiger partial charge in [0.2, 0.25) is 0 Å². The van der Waals surface area contributed by atoms with Gasteiger partial charge in [-0.2, -0.15) is 4.90 Å². The summed E-state index contributed by atoms with van der Waals surface area (Å²) in [7, 11) is 2.34. The van der Waals surface area contributed by atoms with Crippen molar-refractivity contribution in [3.8, 4) is 0 Å². The van der Waals surface area contributed by atoms with Gasteiger partial charge in [-0.3, -0.25) is 0 Å². The zero-order chi connectivity index (χ0) is 24.8. The Kier molecular flexibility index (Phi) is 31.0. The Bertz CT molecular complexity index is 307. The van der Waals surface area contributed by atoms with Crippen molar-refractivity contribution in [2.45, 2.75) is 194 Å². The second-order valence-electron chi connectivity index (χ2n) is 11.5. The van der Waals surface area contributed by atoms with E-state index in [-0.39, 0.29) is 0 Å². The van der Waals surface area contributed by atoms with Gasteiger partial charge in [0.1, 0.15) is 20.1 Å². The Hall–Kier alpha value is -0.0400. The molecule has 1 nitrogen and oxygen atoms in total. The van der Waals surface area contributed by atoms with E-state index in [9.17, 15) is 0 Å². The van der Waals surface area contributed by atoms with Crippen molar-refractivity contribution >= 4 is 0 Å². The predicted molar refractivity (Wildman–Crippen MR) is 158 cm³/mol. The normalized spacial score (nSPS) is 11.6. The fraction of sp³-hybridized carbons (Fsp3) is 1.00. The fourth-order valence-electron chi connectivity index (χ4n) is 5.26. The highest BCUT2D eigenvalue weighted by atomic mass is 15.1. The van der Waals surface area contributed by atoms with Gasteiger partial charge in [-0.25, -0.2) is 0 Å². The van der Waals surface area contributed by atoms with Crippen molar-refractivity contribution in [2.24, 2.45) is 0 Å². The molecule has 1 radical (unpaired) electrons. The zero-order valence-corrected chi connectivity index (χ0v) is 24.7. The molecule has 0 aromatic rings. The molecule has 0 bridgehead atoms. The molecule has 0 unspecified atom stereocenters. The Labute approximate surface area is 218 Å². The summed E-state index contributed by atoms with van der Waals surface area (Å²) >= 11 is 0. The molecular weight excluding hydrogens is 410 g/mol. The second kappa shape index (κ2) is 31.0. The van der Waals surface area contributed by atoms with E-state index < -0.39 is 0 Å². The molecule has 205 valence electrons. The number of hydrogen-bond acceptors (Lipinski definition) is 1. The smallest absolute Gasteiger partial charge is 0.122 e. The van der Waals surface area contributed by atoms with Crippen LogP contribution in [-0.4, -0.2) is 20.1 Å². The Balaban J connectivity index is 3.13. The van der Waals surface area contributed by atoms with E-state index >= 15 is 0 Å². The molecule has 0 aromatic carbocycles. The van der Waals surface area contributed by atoms with Crippen LogP contribution < -0.4 is 4.90 Å². The maximum Gasteiger partial charge on any atom is 0.122 e. The molecule has 0 saturated heterocycles. The highest BCUT2D eigenvalue weighted by Crippen LogP contribution is 2.14. The van der Waals surface area contributed by atoms with Gasteiger partial charge in [0.15, 0.2) is 0 Å². The van der Waals surface area contributed by atoms with Gasteiger partial charge in [0.05, 0.1) is 0 Å². The number of nitrogens with zero attached hydrogens (tertiary/aromatic N) is 1. The van der Waals surface area contributed by atoms with Gasteiger partial charge in [-0.1, -0.05) is 168 Å². The minimum atomic E-state index is 1.32. The van der Waals surface area contributed by atoms with Crippen LogP contribution >= 0.6 is 0 Å². The van der Waals surface area contributed by atoms with E-state index in [1.807, 2.05) is 0 Å². The Morgan fingerprint density at radius 3 is 0.647 bits per heavy atom. The maximum absolute atomic E-state index is 2.58. The third-order valence-electron chi connectivity index (χ3n) is 7.79. The minimum Gasteiger partial charge on any atom is -0.173 e. The van der Waals surface area contributed by atoms with Crippen LogP contribution in [0.5, 0.6) is 0 Å². The standard InChI is InChI=1S/C33H69N/c1-4-6-8-10-12-14-16-18-20-22-24-26-28-30-32-34(3)33-31-29-27-25-23-21-19-17-15-13-11-9-7-5-2/h4-33H2,1-3H3/q+1. The van der Waals surface area contributed by atoms with Crippen LogP contribution in [0.4, 0.5) is 0 Å². The quantitative estimate of drug-likeness (QED) is 0.0713. The number of unbranched alkanes of at least 4 members (excludes halogenated alkanes) is 26. The first-order valence-corrected chi connectivity index (χ1v) is 16.5. The average Bonchev–Trinajstić information content (AvgIpc) is 2.84. The van der Waals surface area contributed by atoms with Crippen LogP contribution in [0.3, 0.4) is 0 Å². The lowest BCUT2D eigenvalue weighted by molar-refractivity contribution is 0.428. The highest BCUT2D eigenvalue weighted by Gasteiger charge is 2.06. The van der Waals surface area contributed by atoms with Gasteiger partial charge in [-0.05, 0) is 12.8 Å². The Morgan fingerprint density at radius 1 is 0.265 bits per heavy atom. The van der Waals surface area contributed by atoms with Crippen molar-refractivity contribution in [2.75, 3.05) is 20.1 Å². The van der Waals surface area contributed by atoms with Gasteiger partial charge in [-0.15, -0.1) is 0 Å². The molecule has 0 amide bonds. The first kappa shape index (κ1) is 34.0. The average molecular weight is 480 g/mol. The molecule has 0 aliphatic carbocycles. The van der Waals surface area contributed by atoms with Gasteiger partial charge >= 0.3 is 0 Å². The van der Waals surface area contributed by atoms with Crippen molar-refractivity contribution < 1.29 is 0 Å².